The summed E-state index contributed by atoms with van der Waals surface area (Å²) in [5.41, 5.74) is 0.255. The zero-order chi connectivity index (χ0) is 7.56. The fourth-order valence-corrected chi connectivity index (χ4v) is 0.960. The third-order valence-corrected chi connectivity index (χ3v) is 1.68. The van der Waals surface area contributed by atoms with Crippen molar-refractivity contribution in [3.8, 4) is 5.75 Å². The van der Waals surface area contributed by atoms with Gasteiger partial charge >= 0.3 is 0 Å². The van der Waals surface area contributed by atoms with Gasteiger partial charge in [-0.05, 0) is 12.1 Å². The first-order chi connectivity index (χ1) is 4.75. The van der Waals surface area contributed by atoms with E-state index >= 15 is 0 Å². The van der Waals surface area contributed by atoms with Crippen molar-refractivity contribution in [3.05, 3.63) is 23.8 Å². The lowest BCUT2D eigenvalue weighted by Gasteiger charge is -2.00. The Balaban J connectivity index is 3.17. The van der Waals surface area contributed by atoms with Crippen LogP contribution in [0.3, 0.4) is 0 Å². The Hall–Kier alpha value is -0.700. The maximum Gasteiger partial charge on any atom is 0.122 e. The van der Waals surface area contributed by atoms with Crippen molar-refractivity contribution >= 4 is 12.6 Å². The summed E-state index contributed by atoms with van der Waals surface area (Å²) in [5.74, 6) is -0.0324. The van der Waals surface area contributed by atoms with Gasteiger partial charge in [0.05, 0.1) is 0 Å². The Bertz CT molecular complexity index is 217. The first kappa shape index (κ1) is 7.41. The van der Waals surface area contributed by atoms with Crippen LogP contribution in [-0.2, 0) is 6.67 Å². The van der Waals surface area contributed by atoms with Crippen LogP contribution in [0.4, 0.5) is 4.39 Å². The zero-order valence-electron chi connectivity index (χ0n) is 5.21. The molecule has 0 aliphatic heterocycles. The number of halogens is 1. The van der Waals surface area contributed by atoms with E-state index in [0.29, 0.717) is 4.90 Å². The van der Waals surface area contributed by atoms with E-state index in [1.54, 1.807) is 12.1 Å². The summed E-state index contributed by atoms with van der Waals surface area (Å²) in [6.45, 7) is -0.675. The number of aromatic hydroxyl groups is 1. The number of phenols is 1. The minimum absolute atomic E-state index is 0.0324. The van der Waals surface area contributed by atoms with E-state index < -0.39 is 6.67 Å². The lowest BCUT2D eigenvalue weighted by molar-refractivity contribution is 0.428. The van der Waals surface area contributed by atoms with Crippen molar-refractivity contribution < 1.29 is 9.50 Å². The molecule has 0 heterocycles. The molecule has 1 N–H and O–H groups in total. The highest BCUT2D eigenvalue weighted by Crippen LogP contribution is 2.24. The van der Waals surface area contributed by atoms with Gasteiger partial charge in [-0.15, -0.1) is 12.6 Å². The number of rotatable bonds is 1. The number of benzene rings is 1. The smallest absolute Gasteiger partial charge is 0.122 e. The lowest BCUT2D eigenvalue weighted by Crippen LogP contribution is -1.81. The molecule has 0 radical (unpaired) electrons. The molecule has 0 bridgehead atoms. The van der Waals surface area contributed by atoms with Crippen LogP contribution in [0, 0.1) is 0 Å². The second-order valence-corrected chi connectivity index (χ2v) is 2.39. The van der Waals surface area contributed by atoms with Gasteiger partial charge in [0.1, 0.15) is 12.4 Å². The van der Waals surface area contributed by atoms with Gasteiger partial charge in [-0.2, -0.15) is 0 Å². The number of alkyl halides is 1. The van der Waals surface area contributed by atoms with Crippen molar-refractivity contribution in [1.82, 2.24) is 0 Å². The maximum atomic E-state index is 12.0. The Morgan fingerprint density at radius 2 is 2.20 bits per heavy atom. The van der Waals surface area contributed by atoms with E-state index in [-0.39, 0.29) is 11.3 Å². The molecule has 10 heavy (non-hydrogen) atoms. The first-order valence-electron chi connectivity index (χ1n) is 2.81. The summed E-state index contributed by atoms with van der Waals surface area (Å²) in [7, 11) is 0. The summed E-state index contributed by atoms with van der Waals surface area (Å²) >= 11 is 3.95. The molecule has 0 aromatic heterocycles. The van der Waals surface area contributed by atoms with Crippen LogP contribution in [0.5, 0.6) is 5.75 Å². The standard InChI is InChI=1S/C7H7FOS/c8-4-5-6(9)2-1-3-7(5)10/h1-3,9-10H,4H2. The highest BCUT2D eigenvalue weighted by Gasteiger charge is 2.02. The lowest BCUT2D eigenvalue weighted by atomic mass is 10.2. The van der Waals surface area contributed by atoms with E-state index in [2.05, 4.69) is 12.6 Å². The number of hydrogen-bond donors (Lipinski definition) is 2. The average Bonchev–Trinajstić information content (AvgIpc) is 1.88. The molecule has 54 valence electrons. The van der Waals surface area contributed by atoms with Crippen LogP contribution in [0.1, 0.15) is 5.56 Å². The van der Waals surface area contributed by atoms with Gasteiger partial charge in [0.15, 0.2) is 0 Å². The summed E-state index contributed by atoms with van der Waals surface area (Å²) in [5, 5.41) is 9.00. The molecule has 0 saturated heterocycles. The largest absolute Gasteiger partial charge is 0.508 e. The second kappa shape index (κ2) is 2.92. The van der Waals surface area contributed by atoms with E-state index in [0.717, 1.165) is 0 Å². The Labute approximate surface area is 63.9 Å². The third-order valence-electron chi connectivity index (χ3n) is 1.26. The van der Waals surface area contributed by atoms with Crippen molar-refractivity contribution in [2.45, 2.75) is 11.6 Å². The van der Waals surface area contributed by atoms with Gasteiger partial charge in [0.25, 0.3) is 0 Å². The third kappa shape index (κ3) is 1.24. The van der Waals surface area contributed by atoms with E-state index in [4.69, 9.17) is 5.11 Å². The summed E-state index contributed by atoms with van der Waals surface area (Å²) in [6, 6.07) is 4.70. The van der Waals surface area contributed by atoms with Gasteiger partial charge in [0.2, 0.25) is 0 Å². The summed E-state index contributed by atoms with van der Waals surface area (Å²) < 4.78 is 12.0. The molecular weight excluding hydrogens is 151 g/mol. The molecule has 0 fully saturated rings. The molecule has 0 unspecified atom stereocenters. The van der Waals surface area contributed by atoms with Gasteiger partial charge in [-0.1, -0.05) is 6.07 Å². The summed E-state index contributed by atoms with van der Waals surface area (Å²) in [4.78, 5) is 0.488. The molecule has 1 nitrogen and oxygen atoms in total. The minimum atomic E-state index is -0.675. The SMILES string of the molecule is Oc1cccc(S)c1CF. The number of phenolic OH excluding ortho intramolecular Hbond substituents is 1. The highest BCUT2D eigenvalue weighted by atomic mass is 32.1. The van der Waals surface area contributed by atoms with Crippen LogP contribution in [-0.4, -0.2) is 5.11 Å². The molecule has 0 spiro atoms. The van der Waals surface area contributed by atoms with Crippen LogP contribution < -0.4 is 0 Å². The quantitative estimate of drug-likeness (QED) is 0.600. The minimum Gasteiger partial charge on any atom is -0.508 e. The molecule has 1 aromatic rings. The second-order valence-electron chi connectivity index (χ2n) is 1.91. The normalized spacial score (nSPS) is 9.80. The van der Waals surface area contributed by atoms with Crippen LogP contribution in [0.2, 0.25) is 0 Å². The van der Waals surface area contributed by atoms with Crippen LogP contribution in [0.15, 0.2) is 23.1 Å². The maximum absolute atomic E-state index is 12.0. The van der Waals surface area contributed by atoms with Crippen LogP contribution >= 0.6 is 12.6 Å². The fourth-order valence-electron chi connectivity index (χ4n) is 0.700. The van der Waals surface area contributed by atoms with Gasteiger partial charge in [-0.25, -0.2) is 4.39 Å². The average molecular weight is 158 g/mol. The highest BCUT2D eigenvalue weighted by molar-refractivity contribution is 7.80. The topological polar surface area (TPSA) is 20.2 Å². The van der Waals surface area contributed by atoms with Crippen molar-refractivity contribution in [2.75, 3.05) is 0 Å². The molecule has 0 saturated carbocycles. The first-order valence-corrected chi connectivity index (χ1v) is 3.26. The number of hydrogen-bond acceptors (Lipinski definition) is 2. The van der Waals surface area contributed by atoms with Crippen LogP contribution in [0.25, 0.3) is 0 Å². The molecule has 0 aliphatic rings. The monoisotopic (exact) mass is 158 g/mol. The molecule has 0 atom stereocenters. The van der Waals surface area contributed by atoms with E-state index in [1.165, 1.54) is 6.07 Å². The molecule has 0 aliphatic carbocycles. The van der Waals surface area contributed by atoms with E-state index in [1.807, 2.05) is 0 Å². The van der Waals surface area contributed by atoms with E-state index in [9.17, 15) is 4.39 Å². The number of thiol groups is 1. The molecule has 0 amide bonds. The Kier molecular flexibility index (Phi) is 2.17. The van der Waals surface area contributed by atoms with Gasteiger partial charge < -0.3 is 5.11 Å². The predicted molar refractivity (Wildman–Crippen MR) is 40.2 cm³/mol. The summed E-state index contributed by atoms with van der Waals surface area (Å²) in [6.07, 6.45) is 0. The Morgan fingerprint density at radius 3 is 2.60 bits per heavy atom. The predicted octanol–water partition coefficient (Wildman–Crippen LogP) is 2.15. The van der Waals surface area contributed by atoms with Crippen molar-refractivity contribution in [1.29, 1.82) is 0 Å². The van der Waals surface area contributed by atoms with Gasteiger partial charge in [-0.3, -0.25) is 0 Å². The Morgan fingerprint density at radius 1 is 1.50 bits per heavy atom. The molecular formula is C7H7FOS. The molecule has 1 rings (SSSR count). The van der Waals surface area contributed by atoms with Crippen molar-refractivity contribution in [3.63, 3.8) is 0 Å². The van der Waals surface area contributed by atoms with Crippen molar-refractivity contribution in [2.24, 2.45) is 0 Å². The zero-order valence-corrected chi connectivity index (χ0v) is 6.11. The fraction of sp³-hybridized carbons (Fsp3) is 0.143. The van der Waals surface area contributed by atoms with Gasteiger partial charge in [0, 0.05) is 10.5 Å². The molecule has 3 heteroatoms. The molecule has 1 aromatic carbocycles.